The molecule has 0 saturated carbocycles. The Hall–Kier alpha value is -0.920. The maximum absolute atomic E-state index is 10.8. The lowest BCUT2D eigenvalue weighted by molar-refractivity contribution is -0.132. The van der Waals surface area contributed by atoms with Gasteiger partial charge in [0.15, 0.2) is 0 Å². The molecule has 0 bridgehead atoms. The number of carboxylic acids is 1. The third-order valence-corrected chi connectivity index (χ3v) is 2.61. The monoisotopic (exact) mass is 238 g/mol. The average molecular weight is 238 g/mol. The number of rotatable bonds is 7. The van der Waals surface area contributed by atoms with Crippen molar-refractivity contribution in [1.29, 1.82) is 0 Å². The van der Waals surface area contributed by atoms with Crippen LogP contribution in [-0.2, 0) is 23.6 Å². The molecule has 0 aromatic rings. The highest BCUT2D eigenvalue weighted by Gasteiger charge is 2.16. The standard InChI is InChI=1S/C8H14O6S/c1-6(8(9)10)4-5-7(2)14-15(11,12)13-3/h7H,1,4-5H2,2-3H3,(H,9,10). The molecule has 6 nitrogen and oxygen atoms in total. The SMILES string of the molecule is C=C(CCC(C)OS(=O)(=O)OC)C(=O)O. The molecule has 1 unspecified atom stereocenters. The van der Waals surface area contributed by atoms with Crippen LogP contribution in [0.4, 0.5) is 0 Å². The molecule has 7 heteroatoms. The van der Waals surface area contributed by atoms with Crippen LogP contribution in [-0.4, -0.2) is 32.7 Å². The van der Waals surface area contributed by atoms with Gasteiger partial charge in [0.2, 0.25) is 0 Å². The van der Waals surface area contributed by atoms with E-state index >= 15 is 0 Å². The molecule has 1 N–H and O–H groups in total. The van der Waals surface area contributed by atoms with Crippen LogP contribution in [0.3, 0.4) is 0 Å². The molecule has 0 aromatic heterocycles. The van der Waals surface area contributed by atoms with E-state index in [9.17, 15) is 13.2 Å². The van der Waals surface area contributed by atoms with E-state index in [0.717, 1.165) is 7.11 Å². The van der Waals surface area contributed by atoms with Gasteiger partial charge in [0, 0.05) is 5.57 Å². The van der Waals surface area contributed by atoms with Gasteiger partial charge in [-0.25, -0.2) is 8.98 Å². The van der Waals surface area contributed by atoms with Gasteiger partial charge in [-0.05, 0) is 19.8 Å². The van der Waals surface area contributed by atoms with Gasteiger partial charge in [-0.15, -0.1) is 0 Å². The smallest absolute Gasteiger partial charge is 0.399 e. The van der Waals surface area contributed by atoms with Crippen molar-refractivity contribution in [2.24, 2.45) is 0 Å². The second-order valence-electron chi connectivity index (χ2n) is 2.93. The molecule has 0 amide bonds. The zero-order valence-electron chi connectivity index (χ0n) is 8.60. The molecule has 0 rings (SSSR count). The zero-order chi connectivity index (χ0) is 12.1. The number of hydrogen-bond acceptors (Lipinski definition) is 5. The van der Waals surface area contributed by atoms with Crippen LogP contribution in [0.15, 0.2) is 12.2 Å². The van der Waals surface area contributed by atoms with E-state index in [4.69, 9.17) is 5.11 Å². The zero-order valence-corrected chi connectivity index (χ0v) is 9.41. The number of carboxylic acid groups (broad SMARTS) is 1. The Labute approximate surface area is 88.8 Å². The predicted octanol–water partition coefficient (Wildman–Crippen LogP) is 0.704. The molecule has 0 aliphatic heterocycles. The fourth-order valence-corrected chi connectivity index (χ4v) is 1.35. The summed E-state index contributed by atoms with van der Waals surface area (Å²) < 4.78 is 30.2. The molecule has 0 spiro atoms. The van der Waals surface area contributed by atoms with E-state index in [0.29, 0.717) is 0 Å². The van der Waals surface area contributed by atoms with E-state index < -0.39 is 22.5 Å². The van der Waals surface area contributed by atoms with Crippen LogP contribution in [0, 0.1) is 0 Å². The van der Waals surface area contributed by atoms with Crippen LogP contribution < -0.4 is 0 Å². The Balaban J connectivity index is 4.01. The van der Waals surface area contributed by atoms with Gasteiger partial charge in [-0.3, -0.25) is 4.18 Å². The number of carbonyl (C=O) groups is 1. The van der Waals surface area contributed by atoms with Crippen LogP contribution in [0.5, 0.6) is 0 Å². The van der Waals surface area contributed by atoms with E-state index in [-0.39, 0.29) is 18.4 Å². The molecule has 0 heterocycles. The quantitative estimate of drug-likeness (QED) is 0.657. The predicted molar refractivity (Wildman–Crippen MR) is 52.5 cm³/mol. The topological polar surface area (TPSA) is 89.9 Å². The highest BCUT2D eigenvalue weighted by molar-refractivity contribution is 7.81. The molecule has 88 valence electrons. The first-order chi connectivity index (χ1) is 6.78. The molecule has 0 saturated heterocycles. The number of hydrogen-bond donors (Lipinski definition) is 1. The Morgan fingerprint density at radius 1 is 1.53 bits per heavy atom. The van der Waals surface area contributed by atoms with Gasteiger partial charge < -0.3 is 5.11 Å². The van der Waals surface area contributed by atoms with Crippen LogP contribution in [0.1, 0.15) is 19.8 Å². The summed E-state index contributed by atoms with van der Waals surface area (Å²) in [5.41, 5.74) is 0.0141. The second-order valence-corrected chi connectivity index (χ2v) is 4.27. The lowest BCUT2D eigenvalue weighted by atomic mass is 10.1. The Morgan fingerprint density at radius 3 is 2.47 bits per heavy atom. The summed E-state index contributed by atoms with van der Waals surface area (Å²) in [6.45, 7) is 4.81. The Kier molecular flexibility index (Phi) is 5.48. The van der Waals surface area contributed by atoms with Crippen molar-refractivity contribution < 1.29 is 26.7 Å². The minimum absolute atomic E-state index is 0.0141. The lowest BCUT2D eigenvalue weighted by Crippen LogP contribution is -2.17. The largest absolute Gasteiger partial charge is 0.478 e. The van der Waals surface area contributed by atoms with Crippen LogP contribution >= 0.6 is 0 Å². The Morgan fingerprint density at radius 2 is 2.07 bits per heavy atom. The van der Waals surface area contributed by atoms with Crippen molar-refractivity contribution in [3.05, 3.63) is 12.2 Å². The summed E-state index contributed by atoms with van der Waals surface area (Å²) in [4.78, 5) is 10.4. The van der Waals surface area contributed by atoms with Gasteiger partial charge in [0.25, 0.3) is 0 Å². The maximum atomic E-state index is 10.8. The van der Waals surface area contributed by atoms with E-state index in [1.807, 2.05) is 0 Å². The molecule has 15 heavy (non-hydrogen) atoms. The summed E-state index contributed by atoms with van der Waals surface area (Å²) >= 11 is 0. The molecule has 0 aliphatic carbocycles. The summed E-state index contributed by atoms with van der Waals surface area (Å²) in [7, 11) is -2.98. The first kappa shape index (κ1) is 14.1. The summed E-state index contributed by atoms with van der Waals surface area (Å²) in [5.74, 6) is -1.10. The summed E-state index contributed by atoms with van der Waals surface area (Å²) in [6, 6.07) is 0. The maximum Gasteiger partial charge on any atom is 0.399 e. The van der Waals surface area contributed by atoms with Gasteiger partial charge in [0.05, 0.1) is 13.2 Å². The molecule has 0 fully saturated rings. The minimum Gasteiger partial charge on any atom is -0.478 e. The molecule has 1 atom stereocenters. The molecular formula is C8H14O6S. The van der Waals surface area contributed by atoms with Crippen LogP contribution in [0.25, 0.3) is 0 Å². The summed E-state index contributed by atoms with van der Waals surface area (Å²) in [5, 5.41) is 8.49. The molecule has 0 radical (unpaired) electrons. The normalized spacial score (nSPS) is 13.5. The van der Waals surface area contributed by atoms with E-state index in [1.54, 1.807) is 0 Å². The van der Waals surface area contributed by atoms with Crippen molar-refractivity contribution in [1.82, 2.24) is 0 Å². The third kappa shape index (κ3) is 6.21. The first-order valence-electron chi connectivity index (χ1n) is 4.18. The second kappa shape index (κ2) is 5.84. The summed E-state index contributed by atoms with van der Waals surface area (Å²) in [6.07, 6.45) is -0.241. The minimum atomic E-state index is -3.96. The van der Waals surface area contributed by atoms with E-state index in [1.165, 1.54) is 6.92 Å². The van der Waals surface area contributed by atoms with Gasteiger partial charge in [-0.1, -0.05) is 6.58 Å². The molecule has 0 aliphatic rings. The fourth-order valence-electron chi connectivity index (χ4n) is 0.773. The highest BCUT2D eigenvalue weighted by atomic mass is 32.3. The van der Waals surface area contributed by atoms with Gasteiger partial charge in [-0.2, -0.15) is 8.42 Å². The molecule has 0 aromatic carbocycles. The molecular weight excluding hydrogens is 224 g/mol. The Bertz CT molecular complexity index is 331. The van der Waals surface area contributed by atoms with E-state index in [2.05, 4.69) is 14.9 Å². The number of aliphatic carboxylic acids is 1. The van der Waals surface area contributed by atoms with Gasteiger partial charge in [0.1, 0.15) is 0 Å². The van der Waals surface area contributed by atoms with Crippen molar-refractivity contribution in [2.45, 2.75) is 25.9 Å². The lowest BCUT2D eigenvalue weighted by Gasteiger charge is -2.10. The van der Waals surface area contributed by atoms with Gasteiger partial charge >= 0.3 is 16.4 Å². The first-order valence-corrected chi connectivity index (χ1v) is 5.51. The van der Waals surface area contributed by atoms with Crippen molar-refractivity contribution in [2.75, 3.05) is 7.11 Å². The third-order valence-electron chi connectivity index (χ3n) is 1.64. The van der Waals surface area contributed by atoms with Crippen molar-refractivity contribution in [3.63, 3.8) is 0 Å². The van der Waals surface area contributed by atoms with Crippen molar-refractivity contribution in [3.8, 4) is 0 Å². The van der Waals surface area contributed by atoms with Crippen LogP contribution in [0.2, 0.25) is 0 Å². The highest BCUT2D eigenvalue weighted by Crippen LogP contribution is 2.11. The van der Waals surface area contributed by atoms with Crippen molar-refractivity contribution >= 4 is 16.4 Å². The fraction of sp³-hybridized carbons (Fsp3) is 0.625. The average Bonchev–Trinajstić information content (AvgIpc) is 2.13.